The fourth-order valence-corrected chi connectivity index (χ4v) is 2.15. The molecule has 19 heavy (non-hydrogen) atoms. The number of nitrogens with zero attached hydrogens (tertiary/aromatic N) is 3. The monoisotopic (exact) mass is 275 g/mol. The average molecular weight is 276 g/mol. The Bertz CT molecular complexity index is 835. The smallest absolute Gasteiger partial charge is 0.294 e. The Labute approximate surface area is 111 Å². The van der Waals surface area contributed by atoms with Crippen LogP contribution < -0.4 is 4.73 Å². The lowest BCUT2D eigenvalue weighted by Gasteiger charge is -2.05. The lowest BCUT2D eigenvalue weighted by molar-refractivity contribution is -0.548. The van der Waals surface area contributed by atoms with Gasteiger partial charge < -0.3 is 5.21 Å². The molecule has 3 rings (SSSR count). The second-order valence-corrected chi connectivity index (χ2v) is 4.35. The Morgan fingerprint density at radius 3 is 2.63 bits per heavy atom. The molecule has 3 aromatic rings. The van der Waals surface area contributed by atoms with Crippen molar-refractivity contribution in [1.82, 2.24) is 4.98 Å². The predicted octanol–water partition coefficient (Wildman–Crippen LogP) is 2.58. The summed E-state index contributed by atoms with van der Waals surface area (Å²) in [4.78, 5) is 14.5. The molecule has 0 saturated carbocycles. The van der Waals surface area contributed by atoms with Crippen molar-refractivity contribution in [3.8, 4) is 0 Å². The summed E-state index contributed by atoms with van der Waals surface area (Å²) < 4.78 is 0.626. The minimum absolute atomic E-state index is 0.0414. The number of benzene rings is 2. The molecule has 0 radical (unpaired) electrons. The topological polar surface area (TPSA) is 83.0 Å². The van der Waals surface area contributed by atoms with Crippen LogP contribution in [0.2, 0.25) is 5.02 Å². The number of nitro benzene ring substituents is 1. The maximum absolute atomic E-state index is 12.2. The summed E-state index contributed by atoms with van der Waals surface area (Å²) in [5.41, 5.74) is 0.997. The zero-order valence-corrected chi connectivity index (χ0v) is 10.2. The summed E-state index contributed by atoms with van der Waals surface area (Å²) in [6, 6.07) is 9.23. The number of para-hydroxylation sites is 2. The normalized spacial score (nSPS) is 11.0. The summed E-state index contributed by atoms with van der Waals surface area (Å²) in [6.07, 6.45) is 0. The summed E-state index contributed by atoms with van der Waals surface area (Å²) in [7, 11) is 0. The van der Waals surface area contributed by atoms with E-state index in [0.717, 1.165) is 6.07 Å². The molecule has 6 nitrogen and oxygen atoms in total. The minimum atomic E-state index is -0.628. The zero-order chi connectivity index (χ0) is 13.6. The fourth-order valence-electron chi connectivity index (χ4n) is 1.92. The van der Waals surface area contributed by atoms with Gasteiger partial charge in [0.05, 0.1) is 11.0 Å². The van der Waals surface area contributed by atoms with Gasteiger partial charge in [-0.1, -0.05) is 23.7 Å². The van der Waals surface area contributed by atoms with Gasteiger partial charge in [0.25, 0.3) is 5.69 Å². The van der Waals surface area contributed by atoms with E-state index in [0.29, 0.717) is 21.3 Å². The van der Waals surface area contributed by atoms with Crippen molar-refractivity contribution in [2.45, 2.75) is 0 Å². The number of aromatic nitrogens is 2. The first-order chi connectivity index (χ1) is 9.08. The highest BCUT2D eigenvalue weighted by Crippen LogP contribution is 2.28. The van der Waals surface area contributed by atoms with E-state index in [4.69, 9.17) is 11.6 Å². The van der Waals surface area contributed by atoms with Crippen molar-refractivity contribution in [3.63, 3.8) is 0 Å². The maximum Gasteiger partial charge on any atom is 0.294 e. The fraction of sp³-hybridized carbons (Fsp3) is 0. The van der Waals surface area contributed by atoms with Crippen LogP contribution in [0.4, 0.5) is 5.69 Å². The van der Waals surface area contributed by atoms with Gasteiger partial charge in [0, 0.05) is 6.07 Å². The van der Waals surface area contributed by atoms with E-state index in [-0.39, 0.29) is 16.2 Å². The van der Waals surface area contributed by atoms with Gasteiger partial charge >= 0.3 is 0 Å². The van der Waals surface area contributed by atoms with E-state index >= 15 is 0 Å². The Balaban J connectivity index is 2.48. The lowest BCUT2D eigenvalue weighted by atomic mass is 10.2. The van der Waals surface area contributed by atoms with Crippen LogP contribution in [-0.4, -0.2) is 9.91 Å². The average Bonchev–Trinajstić information content (AvgIpc) is 2.38. The van der Waals surface area contributed by atoms with E-state index in [1.165, 1.54) is 6.07 Å². The molecule has 2 aromatic carbocycles. The molecule has 1 heterocycles. The molecule has 0 bridgehead atoms. The van der Waals surface area contributed by atoms with Crippen LogP contribution in [0.1, 0.15) is 0 Å². The Morgan fingerprint density at radius 2 is 1.89 bits per heavy atom. The van der Waals surface area contributed by atoms with Gasteiger partial charge in [0.1, 0.15) is 16.1 Å². The van der Waals surface area contributed by atoms with Crippen LogP contribution in [0, 0.1) is 15.3 Å². The highest BCUT2D eigenvalue weighted by atomic mass is 35.5. The van der Waals surface area contributed by atoms with Gasteiger partial charge in [-0.3, -0.25) is 10.1 Å². The first-order valence-electron chi connectivity index (χ1n) is 5.34. The minimum Gasteiger partial charge on any atom is -0.618 e. The first-order valence-corrected chi connectivity index (χ1v) is 5.71. The van der Waals surface area contributed by atoms with E-state index in [2.05, 4.69) is 4.98 Å². The van der Waals surface area contributed by atoms with Crippen LogP contribution in [0.5, 0.6) is 0 Å². The van der Waals surface area contributed by atoms with Crippen molar-refractivity contribution < 1.29 is 9.65 Å². The van der Waals surface area contributed by atoms with E-state index < -0.39 is 4.92 Å². The summed E-state index contributed by atoms with van der Waals surface area (Å²) in [5.74, 6) is 0. The number of rotatable bonds is 1. The molecule has 0 aliphatic carbocycles. The molecule has 1 aromatic heterocycles. The predicted molar refractivity (Wildman–Crippen MR) is 69.9 cm³/mol. The van der Waals surface area contributed by atoms with Gasteiger partial charge in [-0.2, -0.15) is 4.73 Å². The van der Waals surface area contributed by atoms with Gasteiger partial charge in [0.15, 0.2) is 0 Å². The van der Waals surface area contributed by atoms with Crippen molar-refractivity contribution in [3.05, 3.63) is 56.7 Å². The molecule has 0 N–H and O–H groups in total. The third kappa shape index (κ3) is 1.73. The lowest BCUT2D eigenvalue weighted by Crippen LogP contribution is -2.28. The molecule has 0 spiro atoms. The Kier molecular flexibility index (Phi) is 2.46. The van der Waals surface area contributed by atoms with Gasteiger partial charge in [-0.05, 0) is 12.1 Å². The molecule has 0 amide bonds. The van der Waals surface area contributed by atoms with Gasteiger partial charge in [-0.15, -0.1) is 0 Å². The Hall–Kier alpha value is -2.47. The molecule has 0 aliphatic heterocycles. The zero-order valence-electron chi connectivity index (χ0n) is 9.41. The first kappa shape index (κ1) is 11.6. The maximum atomic E-state index is 12.2. The van der Waals surface area contributed by atoms with E-state index in [9.17, 15) is 15.3 Å². The standard InChI is InChI=1S/C12H6ClN3O3/c13-7-5-9-12(6-11(7)16(18)19)15(17)10-4-2-1-3-8(10)14-9/h1-6H. The largest absolute Gasteiger partial charge is 0.618 e. The highest BCUT2D eigenvalue weighted by Gasteiger charge is 2.20. The molecule has 7 heteroatoms. The number of halogens is 1. The third-order valence-corrected chi connectivity index (χ3v) is 3.10. The number of fused-ring (bicyclic) bond motifs is 2. The van der Waals surface area contributed by atoms with Crippen LogP contribution >= 0.6 is 11.6 Å². The summed E-state index contributed by atoms with van der Waals surface area (Å²) >= 11 is 5.81. The van der Waals surface area contributed by atoms with Crippen molar-refractivity contribution in [1.29, 1.82) is 0 Å². The van der Waals surface area contributed by atoms with Crippen LogP contribution in [0.3, 0.4) is 0 Å². The molecular weight excluding hydrogens is 270 g/mol. The van der Waals surface area contributed by atoms with Crippen LogP contribution in [-0.2, 0) is 0 Å². The van der Waals surface area contributed by atoms with Gasteiger partial charge in [-0.25, -0.2) is 4.98 Å². The number of hydrogen-bond acceptors (Lipinski definition) is 4. The number of nitro groups is 1. The molecule has 0 aliphatic rings. The highest BCUT2D eigenvalue weighted by molar-refractivity contribution is 6.33. The van der Waals surface area contributed by atoms with Gasteiger partial charge in [0.2, 0.25) is 11.0 Å². The van der Waals surface area contributed by atoms with E-state index in [1.807, 2.05) is 0 Å². The molecule has 94 valence electrons. The van der Waals surface area contributed by atoms with Crippen molar-refractivity contribution in [2.24, 2.45) is 0 Å². The Morgan fingerprint density at radius 1 is 1.16 bits per heavy atom. The molecule has 0 fully saturated rings. The van der Waals surface area contributed by atoms with Crippen molar-refractivity contribution in [2.75, 3.05) is 0 Å². The molecular formula is C12H6ClN3O3. The SMILES string of the molecule is O=[N+]([O-])c1cc2c(cc1Cl)nc1ccccc1[n+]2[O-]. The third-order valence-electron chi connectivity index (χ3n) is 2.80. The molecule has 0 unspecified atom stereocenters. The van der Waals surface area contributed by atoms with Crippen molar-refractivity contribution >= 4 is 39.4 Å². The summed E-state index contributed by atoms with van der Waals surface area (Å²) in [6.45, 7) is 0. The molecule has 0 saturated heterocycles. The quantitative estimate of drug-likeness (QED) is 0.225. The summed E-state index contributed by atoms with van der Waals surface area (Å²) in [5, 5.41) is 23.0. The van der Waals surface area contributed by atoms with E-state index in [1.54, 1.807) is 24.3 Å². The van der Waals surface area contributed by atoms with Crippen LogP contribution in [0.15, 0.2) is 36.4 Å². The second kappa shape index (κ2) is 4.03. The van der Waals surface area contributed by atoms with Crippen LogP contribution in [0.25, 0.3) is 22.1 Å². The number of hydrogen-bond donors (Lipinski definition) is 0. The molecule has 0 atom stereocenters. The second-order valence-electron chi connectivity index (χ2n) is 3.94.